The highest BCUT2D eigenvalue weighted by atomic mass is 32.2. The molecule has 1 saturated carbocycles. The predicted molar refractivity (Wildman–Crippen MR) is 126 cm³/mol. The lowest BCUT2D eigenvalue weighted by atomic mass is 9.88. The number of sulfonamides is 1. The fourth-order valence-corrected chi connectivity index (χ4v) is 5.88. The molecule has 0 bridgehead atoms. The SMILES string of the molecule is CCN1CCN(C(C)CNc2ccc(S(=O)(=O)NC3CCC(C)CC3)cc2[N+](=O)[O-])CC1. The highest BCUT2D eigenvalue weighted by Gasteiger charge is 2.27. The highest BCUT2D eigenvalue weighted by Crippen LogP contribution is 2.29. The van der Waals surface area contributed by atoms with Gasteiger partial charge >= 0.3 is 0 Å². The van der Waals surface area contributed by atoms with Crippen molar-refractivity contribution < 1.29 is 13.3 Å². The molecule has 10 heteroatoms. The Morgan fingerprint density at radius 2 is 1.81 bits per heavy atom. The van der Waals surface area contributed by atoms with Crippen LogP contribution in [0.25, 0.3) is 0 Å². The number of piperazine rings is 1. The Labute approximate surface area is 191 Å². The van der Waals surface area contributed by atoms with Gasteiger partial charge in [-0.05, 0) is 57.2 Å². The second-order valence-electron chi connectivity index (χ2n) is 9.21. The third-order valence-corrected chi connectivity index (χ3v) is 8.40. The van der Waals surface area contributed by atoms with Crippen LogP contribution in [0.15, 0.2) is 23.1 Å². The van der Waals surface area contributed by atoms with Gasteiger partial charge in [0, 0.05) is 50.9 Å². The van der Waals surface area contributed by atoms with E-state index in [0.717, 1.165) is 58.4 Å². The lowest BCUT2D eigenvalue weighted by Crippen LogP contribution is -2.51. The zero-order valence-corrected chi connectivity index (χ0v) is 20.2. The van der Waals surface area contributed by atoms with E-state index in [2.05, 4.69) is 40.6 Å². The minimum atomic E-state index is -3.80. The van der Waals surface area contributed by atoms with Crippen molar-refractivity contribution in [1.29, 1.82) is 0 Å². The molecule has 32 heavy (non-hydrogen) atoms. The van der Waals surface area contributed by atoms with E-state index in [0.29, 0.717) is 18.2 Å². The third kappa shape index (κ3) is 6.40. The molecule has 0 aromatic heterocycles. The first-order valence-corrected chi connectivity index (χ1v) is 13.2. The molecule has 180 valence electrons. The van der Waals surface area contributed by atoms with Crippen LogP contribution in [-0.4, -0.2) is 74.5 Å². The molecule has 1 aliphatic carbocycles. The molecular formula is C22H37N5O4S. The van der Waals surface area contributed by atoms with E-state index in [1.807, 2.05) is 0 Å². The second-order valence-corrected chi connectivity index (χ2v) is 10.9. The molecule has 9 nitrogen and oxygen atoms in total. The molecule has 1 saturated heterocycles. The normalized spacial score (nSPS) is 24.2. The number of nitro groups is 1. The van der Waals surface area contributed by atoms with Crippen molar-refractivity contribution in [1.82, 2.24) is 14.5 Å². The molecule has 1 atom stereocenters. The van der Waals surface area contributed by atoms with Crippen LogP contribution in [0.5, 0.6) is 0 Å². The predicted octanol–water partition coefficient (Wildman–Crippen LogP) is 2.89. The van der Waals surface area contributed by atoms with E-state index in [-0.39, 0.29) is 22.7 Å². The fourth-order valence-electron chi connectivity index (χ4n) is 4.55. The van der Waals surface area contributed by atoms with E-state index in [9.17, 15) is 18.5 Å². The summed E-state index contributed by atoms with van der Waals surface area (Å²) in [6.45, 7) is 12.0. The van der Waals surface area contributed by atoms with Crippen LogP contribution in [0.1, 0.15) is 46.5 Å². The average molecular weight is 468 g/mol. The van der Waals surface area contributed by atoms with Gasteiger partial charge < -0.3 is 10.2 Å². The number of nitrogens with one attached hydrogen (secondary N) is 2. The Balaban J connectivity index is 1.64. The number of hydrogen-bond acceptors (Lipinski definition) is 7. The molecule has 0 amide bonds. The van der Waals surface area contributed by atoms with Gasteiger partial charge in [-0.2, -0.15) is 0 Å². The zero-order chi connectivity index (χ0) is 23.3. The molecule has 1 aliphatic heterocycles. The van der Waals surface area contributed by atoms with Crippen LogP contribution < -0.4 is 10.0 Å². The number of nitro benzene ring substituents is 1. The van der Waals surface area contributed by atoms with E-state index in [1.165, 1.54) is 18.2 Å². The summed E-state index contributed by atoms with van der Waals surface area (Å²) in [6.07, 6.45) is 3.57. The number of anilines is 1. The topological polar surface area (TPSA) is 108 Å². The standard InChI is InChI=1S/C22H37N5O4S/c1-4-25-11-13-26(14-12-25)18(3)16-23-21-10-9-20(15-22(21)27(28)29)32(30,31)24-19-7-5-17(2)6-8-19/h9-10,15,17-19,23-24H,4-8,11-14,16H2,1-3H3. The smallest absolute Gasteiger partial charge is 0.293 e. The van der Waals surface area contributed by atoms with Crippen LogP contribution in [0.2, 0.25) is 0 Å². The van der Waals surface area contributed by atoms with Crippen LogP contribution >= 0.6 is 0 Å². The molecule has 1 aromatic rings. The molecule has 1 heterocycles. The summed E-state index contributed by atoms with van der Waals surface area (Å²) in [7, 11) is -3.80. The Kier molecular flexibility index (Phi) is 8.49. The molecule has 2 fully saturated rings. The van der Waals surface area contributed by atoms with Crippen LogP contribution in [0, 0.1) is 16.0 Å². The second kappa shape index (κ2) is 10.9. The van der Waals surface area contributed by atoms with Crippen molar-refractivity contribution >= 4 is 21.4 Å². The summed E-state index contributed by atoms with van der Waals surface area (Å²) in [5.41, 5.74) is 0.132. The van der Waals surface area contributed by atoms with E-state index in [4.69, 9.17) is 0 Å². The van der Waals surface area contributed by atoms with E-state index < -0.39 is 14.9 Å². The Bertz CT molecular complexity index is 878. The summed E-state index contributed by atoms with van der Waals surface area (Å²) in [5.74, 6) is 0.611. The lowest BCUT2D eigenvalue weighted by molar-refractivity contribution is -0.384. The van der Waals surface area contributed by atoms with Gasteiger partial charge in [-0.1, -0.05) is 13.8 Å². The number of rotatable bonds is 9. The maximum atomic E-state index is 12.8. The maximum absolute atomic E-state index is 12.8. The minimum absolute atomic E-state index is 0.0582. The number of hydrogen-bond donors (Lipinski definition) is 2. The van der Waals surface area contributed by atoms with Crippen LogP contribution in [0.4, 0.5) is 11.4 Å². The molecule has 1 aromatic carbocycles. The van der Waals surface area contributed by atoms with Crippen molar-refractivity contribution in [3.05, 3.63) is 28.3 Å². The van der Waals surface area contributed by atoms with Gasteiger partial charge in [0.1, 0.15) is 5.69 Å². The molecule has 2 aliphatic rings. The van der Waals surface area contributed by atoms with Crippen LogP contribution in [-0.2, 0) is 10.0 Å². The van der Waals surface area contributed by atoms with Gasteiger partial charge in [0.2, 0.25) is 10.0 Å². The van der Waals surface area contributed by atoms with E-state index >= 15 is 0 Å². The Morgan fingerprint density at radius 3 is 2.41 bits per heavy atom. The number of likely N-dealkylation sites (N-methyl/N-ethyl adjacent to an activating group) is 1. The van der Waals surface area contributed by atoms with Crippen molar-refractivity contribution in [2.24, 2.45) is 5.92 Å². The summed E-state index contributed by atoms with van der Waals surface area (Å²) in [5, 5.41) is 14.8. The van der Waals surface area contributed by atoms with Crippen molar-refractivity contribution in [3.8, 4) is 0 Å². The third-order valence-electron chi connectivity index (χ3n) is 6.88. The highest BCUT2D eigenvalue weighted by molar-refractivity contribution is 7.89. The van der Waals surface area contributed by atoms with E-state index in [1.54, 1.807) is 0 Å². The largest absolute Gasteiger partial charge is 0.378 e. The first kappa shape index (κ1) is 24.9. The summed E-state index contributed by atoms with van der Waals surface area (Å²) >= 11 is 0. The molecular weight excluding hydrogens is 430 g/mol. The Morgan fingerprint density at radius 1 is 1.16 bits per heavy atom. The van der Waals surface area contributed by atoms with Gasteiger partial charge in [-0.25, -0.2) is 13.1 Å². The molecule has 1 unspecified atom stereocenters. The van der Waals surface area contributed by atoms with Crippen molar-refractivity contribution in [2.45, 2.75) is 63.4 Å². The van der Waals surface area contributed by atoms with Gasteiger partial charge in [-0.3, -0.25) is 15.0 Å². The summed E-state index contributed by atoms with van der Waals surface area (Å²) in [4.78, 5) is 15.9. The molecule has 2 N–H and O–H groups in total. The first-order chi connectivity index (χ1) is 15.2. The monoisotopic (exact) mass is 467 g/mol. The maximum Gasteiger partial charge on any atom is 0.293 e. The molecule has 0 radical (unpaired) electrons. The van der Waals surface area contributed by atoms with Crippen LogP contribution in [0.3, 0.4) is 0 Å². The lowest BCUT2D eigenvalue weighted by Gasteiger charge is -2.37. The summed E-state index contributed by atoms with van der Waals surface area (Å²) < 4.78 is 28.4. The molecule has 0 spiro atoms. The van der Waals surface area contributed by atoms with Gasteiger partial charge in [0.05, 0.1) is 9.82 Å². The fraction of sp³-hybridized carbons (Fsp3) is 0.727. The van der Waals surface area contributed by atoms with Gasteiger partial charge in [0.25, 0.3) is 5.69 Å². The Hall–Kier alpha value is -1.75. The number of benzene rings is 1. The minimum Gasteiger partial charge on any atom is -0.378 e. The average Bonchev–Trinajstić information content (AvgIpc) is 2.78. The van der Waals surface area contributed by atoms with Gasteiger partial charge in [0.15, 0.2) is 0 Å². The van der Waals surface area contributed by atoms with Gasteiger partial charge in [-0.15, -0.1) is 0 Å². The molecule has 3 rings (SSSR count). The van der Waals surface area contributed by atoms with Crippen molar-refractivity contribution in [2.75, 3.05) is 44.6 Å². The first-order valence-electron chi connectivity index (χ1n) is 11.7. The zero-order valence-electron chi connectivity index (χ0n) is 19.4. The van der Waals surface area contributed by atoms with Crippen molar-refractivity contribution in [3.63, 3.8) is 0 Å². The summed E-state index contributed by atoms with van der Waals surface area (Å²) in [6, 6.07) is 4.24. The quantitative estimate of drug-likeness (QED) is 0.425. The number of nitrogens with zero attached hydrogens (tertiary/aromatic N) is 3.